The Kier molecular flexibility index (Phi) is 6.87. The van der Waals surface area contributed by atoms with E-state index in [0.29, 0.717) is 23.5 Å². The molecular formula is C24H25N3O4. The van der Waals surface area contributed by atoms with Crippen molar-refractivity contribution in [3.05, 3.63) is 82.7 Å². The molecule has 1 N–H and O–H groups in total. The number of aryl methyl sites for hydroxylation is 1. The third-order valence-corrected chi connectivity index (χ3v) is 4.79. The predicted octanol–water partition coefficient (Wildman–Crippen LogP) is 4.04. The fraction of sp³-hybridized carbons (Fsp3) is 0.208. The van der Waals surface area contributed by atoms with E-state index < -0.39 is 0 Å². The molecule has 0 aliphatic heterocycles. The van der Waals surface area contributed by atoms with Gasteiger partial charge >= 0.3 is 5.97 Å². The monoisotopic (exact) mass is 419 g/mol. The minimum Gasteiger partial charge on any atom is -0.494 e. The number of amides is 1. The molecule has 3 rings (SSSR count). The second kappa shape index (κ2) is 9.75. The maximum Gasteiger partial charge on any atom is 0.337 e. The lowest BCUT2D eigenvalue weighted by molar-refractivity contribution is 0.0600. The standard InChI is InChI=1S/C24H25N3O4/c1-5-31-22-11-9-18(10-12-22)23(28)26-25-15-20-13-16(2)27(17(20)3)21-8-6-7-19(14-21)24(29)30-4/h6-15H,5H2,1-4H3,(H,26,28)/b25-15-. The van der Waals surface area contributed by atoms with Gasteiger partial charge in [-0.05, 0) is 69.3 Å². The molecule has 31 heavy (non-hydrogen) atoms. The fourth-order valence-corrected chi connectivity index (χ4v) is 3.30. The minimum absolute atomic E-state index is 0.307. The molecule has 0 saturated carbocycles. The number of ether oxygens (including phenoxy) is 2. The highest BCUT2D eigenvalue weighted by Gasteiger charge is 2.12. The van der Waals surface area contributed by atoms with Crippen LogP contribution in [0.1, 0.15) is 44.6 Å². The van der Waals surface area contributed by atoms with Crippen LogP contribution in [0.5, 0.6) is 5.75 Å². The van der Waals surface area contributed by atoms with Gasteiger partial charge in [0, 0.05) is 28.2 Å². The summed E-state index contributed by atoms with van der Waals surface area (Å²) in [6, 6.07) is 16.1. The highest BCUT2D eigenvalue weighted by atomic mass is 16.5. The van der Waals surface area contributed by atoms with Crippen LogP contribution in [0.2, 0.25) is 0 Å². The Morgan fingerprint density at radius 3 is 2.48 bits per heavy atom. The quantitative estimate of drug-likeness (QED) is 0.356. The molecule has 0 unspecified atom stereocenters. The van der Waals surface area contributed by atoms with E-state index in [1.807, 2.05) is 43.5 Å². The Bertz CT molecular complexity index is 1110. The van der Waals surface area contributed by atoms with E-state index in [-0.39, 0.29) is 11.9 Å². The number of methoxy groups -OCH3 is 1. The summed E-state index contributed by atoms with van der Waals surface area (Å²) in [6.45, 7) is 6.39. The van der Waals surface area contributed by atoms with Crippen LogP contribution < -0.4 is 10.2 Å². The summed E-state index contributed by atoms with van der Waals surface area (Å²) < 4.78 is 12.2. The Balaban J connectivity index is 1.75. The molecule has 7 nitrogen and oxygen atoms in total. The van der Waals surface area contributed by atoms with Gasteiger partial charge in [-0.1, -0.05) is 6.07 Å². The topological polar surface area (TPSA) is 81.9 Å². The average Bonchev–Trinajstić information content (AvgIpc) is 3.06. The van der Waals surface area contributed by atoms with E-state index in [2.05, 4.69) is 10.5 Å². The van der Waals surface area contributed by atoms with Crippen LogP contribution >= 0.6 is 0 Å². The number of hydrogen-bond acceptors (Lipinski definition) is 5. The number of carbonyl (C=O) groups excluding carboxylic acids is 2. The normalized spacial score (nSPS) is 10.8. The number of nitrogens with one attached hydrogen (secondary N) is 1. The molecule has 7 heteroatoms. The van der Waals surface area contributed by atoms with Crippen LogP contribution in [-0.2, 0) is 4.74 Å². The summed E-state index contributed by atoms with van der Waals surface area (Å²) in [5.74, 6) is 0.0215. The number of benzene rings is 2. The molecule has 0 radical (unpaired) electrons. The van der Waals surface area contributed by atoms with Crippen LogP contribution in [0, 0.1) is 13.8 Å². The van der Waals surface area contributed by atoms with E-state index in [0.717, 1.165) is 22.6 Å². The fourth-order valence-electron chi connectivity index (χ4n) is 3.30. The van der Waals surface area contributed by atoms with E-state index >= 15 is 0 Å². The summed E-state index contributed by atoms with van der Waals surface area (Å²) in [7, 11) is 1.36. The van der Waals surface area contributed by atoms with E-state index in [1.54, 1.807) is 42.6 Å². The number of rotatable bonds is 7. The van der Waals surface area contributed by atoms with Gasteiger partial charge in [0.25, 0.3) is 5.91 Å². The molecule has 1 aromatic heterocycles. The van der Waals surface area contributed by atoms with Crippen molar-refractivity contribution in [3.8, 4) is 11.4 Å². The first-order chi connectivity index (χ1) is 14.9. The maximum atomic E-state index is 12.3. The second-order valence-electron chi connectivity index (χ2n) is 6.86. The van der Waals surface area contributed by atoms with Gasteiger partial charge in [-0.25, -0.2) is 10.2 Å². The molecule has 2 aromatic carbocycles. The molecule has 160 valence electrons. The van der Waals surface area contributed by atoms with Gasteiger partial charge in [-0.15, -0.1) is 0 Å². The molecule has 0 fully saturated rings. The summed E-state index contributed by atoms with van der Waals surface area (Å²) in [5.41, 5.74) is 7.11. The largest absolute Gasteiger partial charge is 0.494 e. The lowest BCUT2D eigenvalue weighted by atomic mass is 10.2. The van der Waals surface area contributed by atoms with Crippen LogP contribution in [0.15, 0.2) is 59.7 Å². The summed E-state index contributed by atoms with van der Waals surface area (Å²) in [5, 5.41) is 4.10. The van der Waals surface area contributed by atoms with E-state index in [1.165, 1.54) is 7.11 Å². The Morgan fingerprint density at radius 1 is 1.06 bits per heavy atom. The summed E-state index contributed by atoms with van der Waals surface area (Å²) >= 11 is 0. The van der Waals surface area contributed by atoms with Crippen molar-refractivity contribution >= 4 is 18.1 Å². The first-order valence-corrected chi connectivity index (χ1v) is 9.88. The first-order valence-electron chi connectivity index (χ1n) is 9.88. The van der Waals surface area contributed by atoms with Crippen molar-refractivity contribution in [1.29, 1.82) is 0 Å². The van der Waals surface area contributed by atoms with Gasteiger partial charge in [0.2, 0.25) is 0 Å². The molecule has 1 heterocycles. The Morgan fingerprint density at radius 2 is 1.81 bits per heavy atom. The van der Waals surface area contributed by atoms with Crippen molar-refractivity contribution in [2.75, 3.05) is 13.7 Å². The van der Waals surface area contributed by atoms with Gasteiger partial charge in [0.1, 0.15) is 5.75 Å². The molecule has 0 aliphatic rings. The highest BCUT2D eigenvalue weighted by molar-refractivity contribution is 5.95. The number of esters is 1. The highest BCUT2D eigenvalue weighted by Crippen LogP contribution is 2.21. The molecule has 3 aromatic rings. The van der Waals surface area contributed by atoms with E-state index in [9.17, 15) is 9.59 Å². The van der Waals surface area contributed by atoms with Crippen molar-refractivity contribution in [3.63, 3.8) is 0 Å². The molecular weight excluding hydrogens is 394 g/mol. The van der Waals surface area contributed by atoms with Crippen molar-refractivity contribution in [2.24, 2.45) is 5.10 Å². The number of carbonyl (C=O) groups is 2. The van der Waals surface area contributed by atoms with Gasteiger partial charge < -0.3 is 14.0 Å². The lowest BCUT2D eigenvalue weighted by Gasteiger charge is -2.11. The van der Waals surface area contributed by atoms with E-state index in [4.69, 9.17) is 9.47 Å². The third-order valence-electron chi connectivity index (χ3n) is 4.79. The minimum atomic E-state index is -0.386. The zero-order valence-corrected chi connectivity index (χ0v) is 18.0. The molecule has 0 spiro atoms. The van der Waals surface area contributed by atoms with Gasteiger partial charge in [-0.2, -0.15) is 5.10 Å². The third kappa shape index (κ3) is 5.01. The number of hydrogen-bond donors (Lipinski definition) is 1. The van der Waals surface area contributed by atoms with Gasteiger partial charge in [0.05, 0.1) is 25.5 Å². The van der Waals surface area contributed by atoms with Crippen molar-refractivity contribution < 1.29 is 19.1 Å². The molecule has 1 amide bonds. The number of hydrazone groups is 1. The predicted molar refractivity (Wildman–Crippen MR) is 119 cm³/mol. The van der Waals surface area contributed by atoms with Gasteiger partial charge in [0.15, 0.2) is 0 Å². The lowest BCUT2D eigenvalue weighted by Crippen LogP contribution is -2.17. The Hall–Kier alpha value is -3.87. The Labute approximate surface area is 181 Å². The second-order valence-corrected chi connectivity index (χ2v) is 6.86. The molecule has 0 atom stereocenters. The zero-order valence-electron chi connectivity index (χ0n) is 18.0. The van der Waals surface area contributed by atoms with Gasteiger partial charge in [-0.3, -0.25) is 4.79 Å². The first kappa shape index (κ1) is 21.8. The van der Waals surface area contributed by atoms with Crippen LogP contribution in [0.4, 0.5) is 0 Å². The zero-order chi connectivity index (χ0) is 22.4. The molecule has 0 bridgehead atoms. The molecule has 0 aliphatic carbocycles. The summed E-state index contributed by atoms with van der Waals surface area (Å²) in [4.78, 5) is 24.1. The average molecular weight is 419 g/mol. The van der Waals surface area contributed by atoms with Crippen LogP contribution in [-0.4, -0.2) is 36.4 Å². The molecule has 0 saturated heterocycles. The number of nitrogens with zero attached hydrogens (tertiary/aromatic N) is 2. The SMILES string of the molecule is CCOc1ccc(C(=O)N/N=C\c2cc(C)n(-c3cccc(C(=O)OC)c3)c2C)cc1. The van der Waals surface area contributed by atoms with Crippen molar-refractivity contribution in [2.45, 2.75) is 20.8 Å². The maximum absolute atomic E-state index is 12.3. The number of aromatic nitrogens is 1. The van der Waals surface area contributed by atoms with Crippen LogP contribution in [0.25, 0.3) is 5.69 Å². The van der Waals surface area contributed by atoms with Crippen molar-refractivity contribution in [1.82, 2.24) is 9.99 Å². The van der Waals surface area contributed by atoms with Crippen LogP contribution in [0.3, 0.4) is 0 Å². The smallest absolute Gasteiger partial charge is 0.337 e. The summed E-state index contributed by atoms with van der Waals surface area (Å²) in [6.07, 6.45) is 1.61.